The van der Waals surface area contributed by atoms with Crippen LogP contribution in [0.5, 0.6) is 5.75 Å². The quantitative estimate of drug-likeness (QED) is 0.306. The fourth-order valence-electron chi connectivity index (χ4n) is 4.14. The maximum absolute atomic E-state index is 14.1. The molecule has 0 fully saturated rings. The molecule has 38 heavy (non-hydrogen) atoms. The van der Waals surface area contributed by atoms with Crippen molar-refractivity contribution in [2.24, 2.45) is 8.25 Å². The lowest BCUT2D eigenvalue weighted by Gasteiger charge is -2.32. The minimum atomic E-state index is -0.868. The Morgan fingerprint density at radius 3 is 2.76 bits per heavy atom. The third-order valence-electron chi connectivity index (χ3n) is 6.03. The van der Waals surface area contributed by atoms with Gasteiger partial charge in [0.05, 0.1) is 18.8 Å². The van der Waals surface area contributed by atoms with Gasteiger partial charge in [-0.3, -0.25) is 14.2 Å². The number of fused-ring (bicyclic) bond motifs is 1. The summed E-state index contributed by atoms with van der Waals surface area (Å²) in [6.07, 6.45) is 0. The van der Waals surface area contributed by atoms with Crippen LogP contribution in [0, 0.1) is 5.82 Å². The zero-order valence-corrected chi connectivity index (χ0v) is 23.2. The van der Waals surface area contributed by atoms with Gasteiger partial charge >= 0.3 is 0 Å². The number of amides is 1. The fourth-order valence-corrected chi connectivity index (χ4v) is 5.84. The van der Waals surface area contributed by atoms with Crippen molar-refractivity contribution >= 4 is 38.7 Å². The Balaban J connectivity index is 1.47. The van der Waals surface area contributed by atoms with Crippen LogP contribution < -0.4 is 18.8 Å². The van der Waals surface area contributed by atoms with E-state index in [9.17, 15) is 14.0 Å². The highest BCUT2D eigenvalue weighted by molar-refractivity contribution is 14.2. The molecule has 1 aromatic heterocycles. The molecule has 0 unspecified atom stereocenters. The van der Waals surface area contributed by atoms with Crippen LogP contribution in [0.1, 0.15) is 48.2 Å². The highest BCUT2D eigenvalue weighted by Crippen LogP contribution is 2.32. The van der Waals surface area contributed by atoms with E-state index in [1.165, 1.54) is 16.7 Å². The lowest BCUT2D eigenvalue weighted by molar-refractivity contribution is -0.0567. The summed E-state index contributed by atoms with van der Waals surface area (Å²) < 4.78 is 33.3. The first-order valence-electron chi connectivity index (χ1n) is 12.0. The van der Waals surface area contributed by atoms with Crippen molar-refractivity contribution in [3.63, 3.8) is 0 Å². The number of ether oxygens (including phenoxy) is 2. The smallest absolute Gasteiger partial charge is 0.296 e. The Kier molecular flexibility index (Phi) is 7.34. The molecule has 0 atom stereocenters. The van der Waals surface area contributed by atoms with E-state index < -0.39 is 44.2 Å². The summed E-state index contributed by atoms with van der Waals surface area (Å²) in [5.74, 6) is -0.160. The number of nitrogens with zero attached hydrogens (tertiary/aromatic N) is 5. The number of carbonyl (C=O) groups excluding carboxylic acids is 1. The minimum absolute atomic E-state index is 0.0569. The lowest BCUT2D eigenvalue weighted by atomic mass is 10.1. The largest absolute Gasteiger partial charge is 0.481 e. The number of amidine groups is 1. The summed E-state index contributed by atoms with van der Waals surface area (Å²) in [7, 11) is 0. The Hall–Kier alpha value is -3.52. The van der Waals surface area contributed by atoms with Crippen LogP contribution in [0.15, 0.2) is 61.6 Å². The number of nitrogens with one attached hydrogen (secondary N) is 1. The number of aromatic nitrogens is 2. The standard InChI is InChI=1S/C26H26FIN6O4/c1-16-31-28-34(32-16)20-13-19(27)10-9-18(20)14-29-23(35)21-22(37-15-17-7-5-4-6-8-17)24(36)33-11-12-38-26(2,3)25(33)30-21/h4-10,13H,11-12,14-15H2,1-3H3,(H,29,35). The van der Waals surface area contributed by atoms with Crippen LogP contribution in [0.4, 0.5) is 10.1 Å². The van der Waals surface area contributed by atoms with Crippen LogP contribution >= 0.6 is 21.3 Å². The average molecular weight is 632 g/mol. The molecule has 0 radical (unpaired) electrons. The Labute approximate surface area is 229 Å². The molecular weight excluding hydrogens is 606 g/mol. The van der Waals surface area contributed by atoms with E-state index in [1.54, 1.807) is 30.1 Å². The predicted molar refractivity (Wildman–Crippen MR) is 148 cm³/mol. The van der Waals surface area contributed by atoms with Gasteiger partial charge in [0.2, 0.25) is 5.75 Å². The van der Waals surface area contributed by atoms with Crippen LogP contribution in [0.2, 0.25) is 0 Å². The van der Waals surface area contributed by atoms with Gasteiger partial charge in [0.15, 0.2) is 11.5 Å². The fraction of sp³-hybridized carbons (Fsp3) is 0.308. The zero-order valence-electron chi connectivity index (χ0n) is 21.1. The van der Waals surface area contributed by atoms with Crippen molar-refractivity contribution in [2.75, 3.05) is 9.83 Å². The first-order chi connectivity index (χ1) is 18.2. The van der Waals surface area contributed by atoms with E-state index in [-0.39, 0.29) is 24.6 Å². The topological polar surface area (TPSA) is 110 Å². The number of hydrazone groups is 1. The molecule has 0 saturated heterocycles. The second kappa shape index (κ2) is 10.7. The van der Waals surface area contributed by atoms with Gasteiger partial charge < -0.3 is 14.8 Å². The second-order valence-corrected chi connectivity index (χ2v) is 11.1. The molecule has 12 heteroatoms. The molecule has 0 saturated carbocycles. The number of anilines is 1. The Morgan fingerprint density at radius 1 is 1.24 bits per heavy atom. The molecule has 3 heterocycles. The molecule has 0 bridgehead atoms. The first-order valence-corrected chi connectivity index (χ1v) is 13.9. The van der Waals surface area contributed by atoms with Gasteiger partial charge in [0.25, 0.3) is 11.5 Å². The van der Waals surface area contributed by atoms with Crippen molar-refractivity contribution < 1.29 is 18.7 Å². The van der Waals surface area contributed by atoms with Crippen LogP contribution in [-0.2, 0) is 30.0 Å². The van der Waals surface area contributed by atoms with Gasteiger partial charge in [-0.1, -0.05) is 36.4 Å². The van der Waals surface area contributed by atoms with Crippen LogP contribution in [-0.4, -0.2) is 27.9 Å². The summed E-state index contributed by atoms with van der Waals surface area (Å²) in [6, 6.07) is 13.6. The minimum Gasteiger partial charge on any atom is -0.481 e. The molecule has 2 aromatic carbocycles. The van der Waals surface area contributed by atoms with Crippen LogP contribution in [0.3, 0.4) is 0 Å². The predicted octanol–water partition coefficient (Wildman–Crippen LogP) is 4.38. The number of hydrogen-bond donors (Lipinski definition) is 1. The molecule has 2 aliphatic heterocycles. The SMILES string of the molecule is CC1=NN(c2cc(F)ccc2CNC(=O)c2nc3n(c(=O)c2OCc2ccccc2)CCOC3(C)C)I=N1. The Morgan fingerprint density at radius 2 is 2.03 bits per heavy atom. The van der Waals surface area contributed by atoms with E-state index in [0.29, 0.717) is 36.1 Å². The van der Waals surface area contributed by atoms with E-state index >= 15 is 0 Å². The molecule has 0 aliphatic carbocycles. The normalized spacial score (nSPS) is 15.9. The van der Waals surface area contributed by atoms with Crippen molar-refractivity contribution in [1.82, 2.24) is 14.9 Å². The van der Waals surface area contributed by atoms with E-state index in [2.05, 4.69) is 18.5 Å². The number of halogens is 2. The highest BCUT2D eigenvalue weighted by Gasteiger charge is 2.35. The summed E-state index contributed by atoms with van der Waals surface area (Å²) in [5.41, 5.74) is 0.592. The molecule has 0 spiro atoms. The van der Waals surface area contributed by atoms with E-state index in [4.69, 9.17) is 9.47 Å². The average Bonchev–Trinajstić information content (AvgIpc) is 3.34. The molecule has 3 aromatic rings. The highest BCUT2D eigenvalue weighted by atomic mass is 127. The summed E-state index contributed by atoms with van der Waals surface area (Å²) in [4.78, 5) is 31.6. The van der Waals surface area contributed by atoms with Gasteiger partial charge in [0, 0.05) is 12.6 Å². The number of hydrogen-bond acceptors (Lipinski definition) is 8. The van der Waals surface area contributed by atoms with Gasteiger partial charge in [-0.25, -0.2) is 9.37 Å². The monoisotopic (exact) mass is 632 g/mol. The van der Waals surface area contributed by atoms with Crippen molar-refractivity contribution in [3.05, 3.63) is 87.3 Å². The van der Waals surface area contributed by atoms with Crippen molar-refractivity contribution in [2.45, 2.75) is 46.1 Å². The lowest BCUT2D eigenvalue weighted by Crippen LogP contribution is -2.43. The third-order valence-corrected chi connectivity index (χ3v) is 8.09. The van der Waals surface area contributed by atoms with Gasteiger partial charge in [-0.05, 0) is 38.0 Å². The molecule has 10 nitrogen and oxygen atoms in total. The van der Waals surface area contributed by atoms with Gasteiger partial charge in [0.1, 0.15) is 45.2 Å². The molecular formula is C26H26FIN6O4. The van der Waals surface area contributed by atoms with Crippen molar-refractivity contribution in [3.8, 4) is 5.75 Å². The second-order valence-electron chi connectivity index (χ2n) is 9.23. The summed E-state index contributed by atoms with van der Waals surface area (Å²) in [6.45, 7) is 6.17. The van der Waals surface area contributed by atoms with Gasteiger partial charge in [-0.2, -0.15) is 6.37 Å². The molecule has 2 aliphatic rings. The molecule has 198 valence electrons. The van der Waals surface area contributed by atoms with E-state index in [1.807, 2.05) is 30.3 Å². The van der Waals surface area contributed by atoms with Crippen LogP contribution in [0.25, 0.3) is 0 Å². The molecule has 5 rings (SSSR count). The molecule has 1 amide bonds. The summed E-state index contributed by atoms with van der Waals surface area (Å²) >= 11 is -0.814. The van der Waals surface area contributed by atoms with E-state index in [0.717, 1.165) is 5.56 Å². The number of rotatable bonds is 7. The molecule has 1 N–H and O–H groups in total. The Bertz CT molecular complexity index is 1510. The number of benzene rings is 2. The third kappa shape index (κ3) is 5.36. The number of carbonyl (C=O) groups is 1. The van der Waals surface area contributed by atoms with Gasteiger partial charge in [-0.15, -0.1) is 5.10 Å². The maximum atomic E-state index is 14.1. The first kappa shape index (κ1) is 26.1. The van der Waals surface area contributed by atoms with Crippen molar-refractivity contribution in [1.29, 1.82) is 0 Å². The maximum Gasteiger partial charge on any atom is 0.296 e. The summed E-state index contributed by atoms with van der Waals surface area (Å²) in [5, 5.41) is 7.17. The zero-order chi connectivity index (χ0) is 26.9.